The van der Waals surface area contributed by atoms with Gasteiger partial charge in [0, 0.05) is 25.1 Å². The van der Waals surface area contributed by atoms with E-state index in [0.717, 1.165) is 5.56 Å². The first-order valence-corrected chi connectivity index (χ1v) is 9.55. The van der Waals surface area contributed by atoms with Gasteiger partial charge in [-0.2, -0.15) is 0 Å². The molecule has 0 atom stereocenters. The minimum absolute atomic E-state index is 0.0583. The molecule has 9 heteroatoms. The Balaban J connectivity index is 1.47. The largest absolute Gasteiger partial charge is 0.497 e. The molecule has 0 unspecified atom stereocenters. The van der Waals surface area contributed by atoms with Gasteiger partial charge in [-0.25, -0.2) is 9.37 Å². The van der Waals surface area contributed by atoms with Crippen LogP contribution < -0.4 is 15.6 Å². The Hall–Kier alpha value is -4.01. The van der Waals surface area contributed by atoms with Crippen molar-refractivity contribution in [2.75, 3.05) is 7.11 Å². The number of ether oxygens (including phenoxy) is 1. The molecule has 1 amide bonds. The zero-order valence-corrected chi connectivity index (χ0v) is 16.7. The summed E-state index contributed by atoms with van der Waals surface area (Å²) in [6.45, 7) is 0.469. The van der Waals surface area contributed by atoms with Gasteiger partial charge in [-0.3, -0.25) is 14.2 Å². The molecule has 8 nitrogen and oxygen atoms in total. The first-order valence-electron chi connectivity index (χ1n) is 9.55. The summed E-state index contributed by atoms with van der Waals surface area (Å²) in [7, 11) is 1.58. The Morgan fingerprint density at radius 1 is 1.23 bits per heavy atom. The average Bonchev–Trinajstić information content (AvgIpc) is 3.22. The summed E-state index contributed by atoms with van der Waals surface area (Å²) in [5.41, 5.74) is 1.17. The topological polar surface area (TPSA) is 99.2 Å². The molecule has 1 N–H and O–H groups in total. The van der Waals surface area contributed by atoms with Crippen molar-refractivity contribution in [2.24, 2.45) is 0 Å². The molecule has 4 aromatic rings. The third-order valence-corrected chi connectivity index (χ3v) is 4.76. The summed E-state index contributed by atoms with van der Waals surface area (Å²) < 4.78 is 25.2. The summed E-state index contributed by atoms with van der Waals surface area (Å²) in [5.74, 6) is 0.0385. The van der Waals surface area contributed by atoms with E-state index in [-0.39, 0.29) is 35.7 Å². The van der Waals surface area contributed by atoms with Gasteiger partial charge in [-0.1, -0.05) is 29.4 Å². The van der Waals surface area contributed by atoms with Crippen molar-refractivity contribution in [2.45, 2.75) is 19.5 Å². The average molecular weight is 422 g/mol. The number of carbonyl (C=O) groups excluding carboxylic acids is 1. The molecule has 158 valence electrons. The molecule has 0 bridgehead atoms. The first kappa shape index (κ1) is 20.3. The summed E-state index contributed by atoms with van der Waals surface area (Å²) in [6.07, 6.45) is 1.39. The van der Waals surface area contributed by atoms with E-state index in [4.69, 9.17) is 9.26 Å². The predicted molar refractivity (Wildman–Crippen MR) is 111 cm³/mol. The van der Waals surface area contributed by atoms with Crippen molar-refractivity contribution in [1.82, 2.24) is 20.0 Å². The zero-order chi connectivity index (χ0) is 21.8. The van der Waals surface area contributed by atoms with Crippen LogP contribution in [0.15, 0.2) is 64.2 Å². The molecular formula is C22H19FN4O4. The third-order valence-electron chi connectivity index (χ3n) is 4.76. The first-order chi connectivity index (χ1) is 15.0. The van der Waals surface area contributed by atoms with E-state index in [1.54, 1.807) is 13.2 Å². The molecule has 2 heterocycles. The SMILES string of the molecule is COc1cccc(CNC(=O)CCn2cnc3onc(-c4cccc(F)c4)c3c2=O)c1. The lowest BCUT2D eigenvalue weighted by atomic mass is 10.1. The number of rotatable bonds is 7. The van der Waals surface area contributed by atoms with Crippen LogP contribution in [0.3, 0.4) is 0 Å². The highest BCUT2D eigenvalue weighted by atomic mass is 19.1. The second kappa shape index (κ2) is 8.78. The molecule has 0 aliphatic rings. The van der Waals surface area contributed by atoms with Crippen LogP contribution in [0.4, 0.5) is 4.39 Å². The maximum absolute atomic E-state index is 13.6. The lowest BCUT2D eigenvalue weighted by molar-refractivity contribution is -0.121. The Bertz CT molecular complexity index is 1300. The van der Waals surface area contributed by atoms with Crippen molar-refractivity contribution >= 4 is 17.0 Å². The van der Waals surface area contributed by atoms with Crippen molar-refractivity contribution < 1.29 is 18.4 Å². The lowest BCUT2D eigenvalue weighted by Gasteiger charge is -2.08. The highest BCUT2D eigenvalue weighted by Crippen LogP contribution is 2.24. The van der Waals surface area contributed by atoms with E-state index in [9.17, 15) is 14.0 Å². The number of aromatic nitrogens is 3. The van der Waals surface area contributed by atoms with Crippen LogP contribution in [0.5, 0.6) is 5.75 Å². The van der Waals surface area contributed by atoms with Crippen LogP contribution in [0.25, 0.3) is 22.4 Å². The van der Waals surface area contributed by atoms with Gasteiger partial charge in [0.2, 0.25) is 5.91 Å². The van der Waals surface area contributed by atoms with Gasteiger partial charge in [-0.15, -0.1) is 0 Å². The number of aryl methyl sites for hydroxylation is 1. The Morgan fingerprint density at radius 2 is 2.06 bits per heavy atom. The van der Waals surface area contributed by atoms with Crippen LogP contribution in [-0.2, 0) is 17.9 Å². The predicted octanol–water partition coefficient (Wildman–Crippen LogP) is 2.91. The number of halogens is 1. The van der Waals surface area contributed by atoms with E-state index >= 15 is 0 Å². The van der Waals surface area contributed by atoms with E-state index in [1.165, 1.54) is 29.1 Å². The van der Waals surface area contributed by atoms with E-state index in [2.05, 4.69) is 15.5 Å². The van der Waals surface area contributed by atoms with Crippen LogP contribution in [0.1, 0.15) is 12.0 Å². The normalized spacial score (nSPS) is 10.9. The van der Waals surface area contributed by atoms with Gasteiger partial charge in [0.15, 0.2) is 0 Å². The monoisotopic (exact) mass is 422 g/mol. The summed E-state index contributed by atoms with van der Waals surface area (Å²) in [4.78, 5) is 29.3. The fourth-order valence-electron chi connectivity index (χ4n) is 3.17. The van der Waals surface area contributed by atoms with Crippen molar-refractivity contribution in [1.29, 1.82) is 0 Å². The maximum atomic E-state index is 13.6. The molecule has 0 fully saturated rings. The zero-order valence-electron chi connectivity index (χ0n) is 16.7. The van der Waals surface area contributed by atoms with Crippen molar-refractivity contribution in [3.8, 4) is 17.0 Å². The highest BCUT2D eigenvalue weighted by molar-refractivity contribution is 5.88. The molecule has 0 aliphatic heterocycles. The Labute approximate surface area is 176 Å². The number of nitrogens with zero attached hydrogens (tertiary/aromatic N) is 3. The fourth-order valence-corrected chi connectivity index (χ4v) is 3.17. The van der Waals surface area contributed by atoms with Gasteiger partial charge in [0.05, 0.1) is 7.11 Å². The highest BCUT2D eigenvalue weighted by Gasteiger charge is 2.17. The summed E-state index contributed by atoms with van der Waals surface area (Å²) in [6, 6.07) is 13.1. The number of hydrogen-bond acceptors (Lipinski definition) is 6. The Morgan fingerprint density at radius 3 is 2.87 bits per heavy atom. The van der Waals surface area contributed by atoms with E-state index < -0.39 is 11.4 Å². The number of methoxy groups -OCH3 is 1. The van der Waals surface area contributed by atoms with Crippen LogP contribution in [-0.4, -0.2) is 27.7 Å². The minimum Gasteiger partial charge on any atom is -0.497 e. The smallest absolute Gasteiger partial charge is 0.266 e. The maximum Gasteiger partial charge on any atom is 0.266 e. The molecular weight excluding hydrogens is 403 g/mol. The van der Waals surface area contributed by atoms with Crippen molar-refractivity contribution in [3.63, 3.8) is 0 Å². The number of hydrogen-bond donors (Lipinski definition) is 1. The van der Waals surface area contributed by atoms with Crippen molar-refractivity contribution in [3.05, 3.63) is 76.6 Å². The van der Waals surface area contributed by atoms with Crippen LogP contribution in [0, 0.1) is 5.82 Å². The summed E-state index contributed by atoms with van der Waals surface area (Å²) in [5, 5.41) is 6.83. The molecule has 0 radical (unpaired) electrons. The van der Waals surface area contributed by atoms with E-state index in [0.29, 0.717) is 17.9 Å². The molecule has 0 spiro atoms. The molecule has 0 aliphatic carbocycles. The third kappa shape index (κ3) is 4.45. The second-order valence-corrected chi connectivity index (χ2v) is 6.84. The number of carbonyl (C=O) groups is 1. The molecule has 31 heavy (non-hydrogen) atoms. The molecule has 0 saturated carbocycles. The van der Waals surface area contributed by atoms with Gasteiger partial charge >= 0.3 is 0 Å². The summed E-state index contributed by atoms with van der Waals surface area (Å²) >= 11 is 0. The number of benzene rings is 2. The van der Waals surface area contributed by atoms with Crippen LogP contribution >= 0.6 is 0 Å². The quantitative estimate of drug-likeness (QED) is 0.492. The van der Waals surface area contributed by atoms with E-state index in [1.807, 2.05) is 24.3 Å². The molecule has 0 saturated heterocycles. The molecule has 2 aromatic carbocycles. The lowest BCUT2D eigenvalue weighted by Crippen LogP contribution is -2.27. The van der Waals surface area contributed by atoms with Crippen LogP contribution in [0.2, 0.25) is 0 Å². The number of amides is 1. The second-order valence-electron chi connectivity index (χ2n) is 6.84. The number of fused-ring (bicyclic) bond motifs is 1. The van der Waals surface area contributed by atoms with Gasteiger partial charge in [0.25, 0.3) is 11.3 Å². The van der Waals surface area contributed by atoms with Gasteiger partial charge in [0.1, 0.15) is 29.0 Å². The molecule has 2 aromatic heterocycles. The molecule has 4 rings (SSSR count). The minimum atomic E-state index is -0.453. The standard InChI is InChI=1S/C22H19FN4O4/c1-30-17-7-2-4-14(10-17)12-24-18(28)8-9-27-13-25-21-19(22(27)29)20(26-31-21)15-5-3-6-16(23)11-15/h2-7,10-11,13H,8-9,12H2,1H3,(H,24,28). The fraction of sp³-hybridized carbons (Fsp3) is 0.182. The van der Waals surface area contributed by atoms with Gasteiger partial charge < -0.3 is 14.6 Å². The Kier molecular flexibility index (Phi) is 5.74. The van der Waals surface area contributed by atoms with Gasteiger partial charge in [-0.05, 0) is 29.8 Å². The number of nitrogens with one attached hydrogen (secondary N) is 1.